The summed E-state index contributed by atoms with van der Waals surface area (Å²) in [5, 5.41) is 2.51. The van der Waals surface area contributed by atoms with E-state index in [1.807, 2.05) is 0 Å². The van der Waals surface area contributed by atoms with Gasteiger partial charge in [-0.2, -0.15) is 0 Å². The number of benzene rings is 11. The van der Waals surface area contributed by atoms with Crippen LogP contribution in [-0.2, 0) is 5.41 Å². The van der Waals surface area contributed by atoms with Gasteiger partial charge in [-0.15, -0.1) is 0 Å². The van der Waals surface area contributed by atoms with Crippen molar-refractivity contribution in [3.8, 4) is 77.9 Å². The monoisotopic (exact) mass is 867 g/mol. The molecule has 0 radical (unpaired) electrons. The average molecular weight is 868 g/mol. The Labute approximate surface area is 399 Å². The van der Waals surface area contributed by atoms with E-state index in [0.717, 1.165) is 17.1 Å². The van der Waals surface area contributed by atoms with Gasteiger partial charge >= 0.3 is 0 Å². The first-order chi connectivity index (χ1) is 33.5. The second-order valence-electron chi connectivity index (χ2n) is 18.5. The third kappa shape index (κ3) is 7.39. The van der Waals surface area contributed by atoms with Crippen molar-refractivity contribution < 1.29 is 0 Å². The summed E-state index contributed by atoms with van der Waals surface area (Å²) in [4.78, 5) is 2.42. The Balaban J connectivity index is 0.895. The molecule has 11 aromatic carbocycles. The first-order valence-corrected chi connectivity index (χ1v) is 23.7. The number of para-hydroxylation sites is 1. The largest absolute Gasteiger partial charge is 0.310 e. The highest BCUT2D eigenvalue weighted by Gasteiger charge is 2.35. The summed E-state index contributed by atoms with van der Waals surface area (Å²) in [6.45, 7) is 4.70. The van der Waals surface area contributed by atoms with Gasteiger partial charge in [-0.25, -0.2) is 0 Å². The standard InChI is InChI=1S/C67H49N/c1-67(2)64-25-12-10-23-61(64)62-42-37-56(45-65(62)67)50-35-40-58(41-36-50)68(66-26-13-11-24-63(66)60-22-9-8-21-59(60)51-16-4-3-5-17-51)57-38-33-48(34-39-57)47-27-29-49(30-28-47)53-19-14-20-54(43-53)55-32-31-46-15-6-7-18-52(46)44-55/h3-45H,1-2H3. The SMILES string of the molecule is CC1(C)c2ccccc2-c2ccc(-c3ccc(N(c4ccc(-c5ccc(-c6cccc(-c7ccc8ccccc8c7)c6)cc5)cc4)c4ccccc4-c4ccccc4-c4ccccc4)cc3)cc21. The fourth-order valence-corrected chi connectivity index (χ4v) is 10.5. The fourth-order valence-electron chi connectivity index (χ4n) is 10.5. The number of hydrogen-bond acceptors (Lipinski definition) is 1. The molecule has 0 aliphatic heterocycles. The lowest BCUT2D eigenvalue weighted by Gasteiger charge is -2.29. The molecule has 68 heavy (non-hydrogen) atoms. The maximum atomic E-state index is 2.42. The van der Waals surface area contributed by atoms with Crippen LogP contribution in [0.4, 0.5) is 17.1 Å². The van der Waals surface area contributed by atoms with E-state index in [4.69, 9.17) is 0 Å². The molecule has 1 heteroatoms. The first-order valence-electron chi connectivity index (χ1n) is 23.7. The molecule has 1 aliphatic carbocycles. The molecule has 0 atom stereocenters. The Kier molecular flexibility index (Phi) is 10.3. The predicted octanol–water partition coefficient (Wildman–Crippen LogP) is 18.6. The van der Waals surface area contributed by atoms with Gasteiger partial charge in [-0.05, 0) is 143 Å². The molecule has 0 fully saturated rings. The van der Waals surface area contributed by atoms with Gasteiger partial charge in [0.25, 0.3) is 0 Å². The molecule has 0 saturated carbocycles. The molecule has 0 N–H and O–H groups in total. The van der Waals surface area contributed by atoms with Crippen LogP contribution in [-0.4, -0.2) is 0 Å². The molecule has 0 heterocycles. The zero-order chi connectivity index (χ0) is 45.6. The van der Waals surface area contributed by atoms with Crippen molar-refractivity contribution in [2.45, 2.75) is 19.3 Å². The minimum Gasteiger partial charge on any atom is -0.310 e. The summed E-state index contributed by atoms with van der Waals surface area (Å²) in [6, 6.07) is 95.5. The van der Waals surface area contributed by atoms with Gasteiger partial charge in [0.1, 0.15) is 0 Å². The smallest absolute Gasteiger partial charge is 0.0540 e. The normalized spacial score (nSPS) is 12.4. The first kappa shape index (κ1) is 40.9. The molecule has 0 saturated heterocycles. The van der Waals surface area contributed by atoms with E-state index in [0.29, 0.717) is 0 Å². The zero-order valence-corrected chi connectivity index (χ0v) is 38.3. The third-order valence-corrected chi connectivity index (χ3v) is 14.1. The molecule has 0 amide bonds. The second-order valence-corrected chi connectivity index (χ2v) is 18.5. The topological polar surface area (TPSA) is 3.24 Å². The van der Waals surface area contributed by atoms with Gasteiger partial charge < -0.3 is 4.90 Å². The molecule has 0 aromatic heterocycles. The van der Waals surface area contributed by atoms with E-state index < -0.39 is 0 Å². The minimum absolute atomic E-state index is 0.0580. The van der Waals surface area contributed by atoms with Gasteiger partial charge in [0, 0.05) is 22.4 Å². The Morgan fingerprint density at radius 1 is 0.250 bits per heavy atom. The van der Waals surface area contributed by atoms with Crippen molar-refractivity contribution in [3.05, 3.63) is 272 Å². The summed E-state index contributed by atoms with van der Waals surface area (Å²) >= 11 is 0. The van der Waals surface area contributed by atoms with E-state index in [2.05, 4.69) is 280 Å². The molecule has 0 bridgehead atoms. The van der Waals surface area contributed by atoms with Crippen LogP contribution in [0.3, 0.4) is 0 Å². The van der Waals surface area contributed by atoms with Gasteiger partial charge in [0.05, 0.1) is 5.69 Å². The van der Waals surface area contributed by atoms with Crippen LogP contribution in [0.2, 0.25) is 0 Å². The van der Waals surface area contributed by atoms with Crippen molar-refractivity contribution in [2.24, 2.45) is 0 Å². The third-order valence-electron chi connectivity index (χ3n) is 14.1. The van der Waals surface area contributed by atoms with Crippen LogP contribution in [0.5, 0.6) is 0 Å². The van der Waals surface area contributed by atoms with Crippen LogP contribution in [0.25, 0.3) is 88.7 Å². The number of nitrogens with zero attached hydrogens (tertiary/aromatic N) is 1. The van der Waals surface area contributed by atoms with Crippen LogP contribution >= 0.6 is 0 Å². The van der Waals surface area contributed by atoms with E-state index >= 15 is 0 Å². The lowest BCUT2D eigenvalue weighted by Crippen LogP contribution is -2.14. The van der Waals surface area contributed by atoms with E-state index in [9.17, 15) is 0 Å². The summed E-state index contributed by atoms with van der Waals surface area (Å²) in [5.74, 6) is 0. The van der Waals surface area contributed by atoms with Crippen molar-refractivity contribution in [3.63, 3.8) is 0 Å². The summed E-state index contributed by atoms with van der Waals surface area (Å²) in [7, 11) is 0. The Bertz CT molecular complexity index is 3620. The second kappa shape index (κ2) is 17.0. The maximum Gasteiger partial charge on any atom is 0.0540 e. The van der Waals surface area contributed by atoms with Crippen molar-refractivity contribution >= 4 is 27.8 Å². The highest BCUT2D eigenvalue weighted by molar-refractivity contribution is 5.95. The maximum absolute atomic E-state index is 2.42. The van der Waals surface area contributed by atoms with Crippen LogP contribution < -0.4 is 4.90 Å². The molecular weight excluding hydrogens is 819 g/mol. The molecule has 0 unspecified atom stereocenters. The molecule has 0 spiro atoms. The lowest BCUT2D eigenvalue weighted by molar-refractivity contribution is 0.660. The van der Waals surface area contributed by atoms with Crippen molar-refractivity contribution in [1.29, 1.82) is 0 Å². The Morgan fingerprint density at radius 2 is 0.691 bits per heavy atom. The quantitative estimate of drug-likeness (QED) is 0.140. The molecular formula is C67H49N. The van der Waals surface area contributed by atoms with Crippen LogP contribution in [0.15, 0.2) is 261 Å². The van der Waals surface area contributed by atoms with Gasteiger partial charge in [0.15, 0.2) is 0 Å². The fraction of sp³-hybridized carbons (Fsp3) is 0.0448. The Morgan fingerprint density at radius 3 is 1.38 bits per heavy atom. The minimum atomic E-state index is -0.0580. The molecule has 1 nitrogen and oxygen atoms in total. The summed E-state index contributed by atoms with van der Waals surface area (Å²) < 4.78 is 0. The molecule has 11 aromatic rings. The number of rotatable bonds is 9. The number of anilines is 3. The van der Waals surface area contributed by atoms with Crippen LogP contribution in [0, 0.1) is 0 Å². The summed E-state index contributed by atoms with van der Waals surface area (Å²) in [6.07, 6.45) is 0. The number of hydrogen-bond donors (Lipinski definition) is 0. The van der Waals surface area contributed by atoms with Crippen molar-refractivity contribution in [1.82, 2.24) is 0 Å². The zero-order valence-electron chi connectivity index (χ0n) is 38.3. The van der Waals surface area contributed by atoms with Crippen molar-refractivity contribution in [2.75, 3.05) is 4.90 Å². The predicted molar refractivity (Wildman–Crippen MR) is 289 cm³/mol. The number of fused-ring (bicyclic) bond motifs is 4. The van der Waals surface area contributed by atoms with Crippen LogP contribution in [0.1, 0.15) is 25.0 Å². The summed E-state index contributed by atoms with van der Waals surface area (Å²) in [5.41, 5.74) is 23.1. The van der Waals surface area contributed by atoms with Gasteiger partial charge in [-0.1, -0.05) is 226 Å². The average Bonchev–Trinajstić information content (AvgIpc) is 3.64. The highest BCUT2D eigenvalue weighted by Crippen LogP contribution is 2.50. The molecule has 322 valence electrons. The van der Waals surface area contributed by atoms with Gasteiger partial charge in [0.2, 0.25) is 0 Å². The lowest BCUT2D eigenvalue weighted by atomic mass is 9.81. The van der Waals surface area contributed by atoms with E-state index in [-0.39, 0.29) is 5.41 Å². The molecule has 12 rings (SSSR count). The molecule has 1 aliphatic rings. The van der Waals surface area contributed by atoms with E-state index in [1.165, 1.54) is 99.8 Å². The highest BCUT2D eigenvalue weighted by atomic mass is 15.1. The van der Waals surface area contributed by atoms with Gasteiger partial charge in [-0.3, -0.25) is 0 Å². The van der Waals surface area contributed by atoms with E-state index in [1.54, 1.807) is 0 Å². The Hall–Kier alpha value is -8.52.